The summed E-state index contributed by atoms with van der Waals surface area (Å²) in [6.45, 7) is 60.2. The van der Waals surface area contributed by atoms with Gasteiger partial charge in [-0.05, 0) is 222 Å². The van der Waals surface area contributed by atoms with Crippen LogP contribution in [0.5, 0.6) is 0 Å². The second-order valence-corrected chi connectivity index (χ2v) is 30.5. The first-order valence-corrected chi connectivity index (χ1v) is 30.1. The Balaban J connectivity index is 0.000000923. The molecule has 3 aliphatic rings. The standard InChI is InChI=1S/C14H20.C13H22N2.C12H20N2.C10H18N2.2C10H21N.2CH4/c1-10-5-6-11-7-8-13(12(11)9-10)14(2,3)4;1-10-8-11(2)12(15-9-10)14-7-6-13(3,4)5;1-10-5-6-11(14-9-10)13-8-7-12(2,3)4;1-9-7-11-12(8-9)6-5-10(2,3)4;2*1-10(2,3)9-5-7-11(4)8-6-9;;/h5-6,9,13H,7-8H2,1-4H3;8-9H,6-7H2,1-5H3,(H,14,15);5-6,9H,7-8H2,1-4H3,(H,13,14);7-8H,5-6H2,1-4H3;2*9H,5-8H2,1-4H3;2*1H4. The van der Waals surface area contributed by atoms with Crippen LogP contribution in [0.1, 0.15) is 236 Å². The molecule has 2 saturated heterocycles. The number of hydrogen-bond donors (Lipinski definition) is 2. The average Bonchev–Trinajstić information content (AvgIpc) is 3.93. The van der Waals surface area contributed by atoms with E-state index in [0.29, 0.717) is 32.5 Å². The lowest BCUT2D eigenvalue weighted by atomic mass is 9.75. The number of rotatable bonds is 8. The summed E-state index contributed by atoms with van der Waals surface area (Å²) < 4.78 is 2.01. The molecule has 79 heavy (non-hydrogen) atoms. The van der Waals surface area contributed by atoms with E-state index < -0.39 is 0 Å². The van der Waals surface area contributed by atoms with Gasteiger partial charge in [0.15, 0.2) is 0 Å². The zero-order chi connectivity index (χ0) is 58.6. The number of nitrogens with one attached hydrogen (secondary N) is 2. The van der Waals surface area contributed by atoms with Crippen molar-refractivity contribution in [2.45, 2.75) is 244 Å². The normalized spacial score (nSPS) is 16.4. The molecule has 3 aromatic heterocycles. The molecule has 8 heteroatoms. The van der Waals surface area contributed by atoms with Crippen molar-refractivity contribution in [2.75, 3.05) is 64.0 Å². The molecule has 0 radical (unpaired) electrons. The highest BCUT2D eigenvalue weighted by atomic mass is 15.3. The van der Waals surface area contributed by atoms with Crippen LogP contribution in [0.3, 0.4) is 0 Å². The van der Waals surface area contributed by atoms with Gasteiger partial charge in [0.25, 0.3) is 0 Å². The summed E-state index contributed by atoms with van der Waals surface area (Å²) in [6, 6.07) is 13.2. The summed E-state index contributed by atoms with van der Waals surface area (Å²) in [5.41, 5.74) is 12.1. The molecule has 1 unspecified atom stereocenters. The van der Waals surface area contributed by atoms with Crippen LogP contribution in [0.4, 0.5) is 11.6 Å². The van der Waals surface area contributed by atoms with Gasteiger partial charge in [0.1, 0.15) is 11.6 Å². The Morgan fingerprint density at radius 1 is 0.494 bits per heavy atom. The lowest BCUT2D eigenvalue weighted by Gasteiger charge is -2.37. The largest absolute Gasteiger partial charge is 0.370 e. The third kappa shape index (κ3) is 33.1. The topological polar surface area (TPSA) is 74.1 Å². The van der Waals surface area contributed by atoms with Gasteiger partial charge in [0.05, 0.1) is 6.20 Å². The van der Waals surface area contributed by atoms with Gasteiger partial charge in [-0.25, -0.2) is 9.97 Å². The van der Waals surface area contributed by atoms with E-state index in [1.165, 1.54) is 98.9 Å². The molecule has 454 valence electrons. The Hall–Kier alpha value is -3.75. The Labute approximate surface area is 491 Å². The van der Waals surface area contributed by atoms with Crippen molar-refractivity contribution in [3.63, 3.8) is 0 Å². The third-order valence-corrected chi connectivity index (χ3v) is 15.6. The van der Waals surface area contributed by atoms with Crippen LogP contribution >= 0.6 is 0 Å². The van der Waals surface area contributed by atoms with Crippen LogP contribution in [0.25, 0.3) is 0 Å². The fourth-order valence-corrected chi connectivity index (χ4v) is 10.0. The smallest absolute Gasteiger partial charge is 0.128 e. The second kappa shape index (κ2) is 34.0. The molecule has 8 nitrogen and oxygen atoms in total. The maximum Gasteiger partial charge on any atom is 0.128 e. The van der Waals surface area contributed by atoms with E-state index in [2.05, 4.69) is 238 Å². The molecule has 4 aromatic rings. The summed E-state index contributed by atoms with van der Waals surface area (Å²) in [6.07, 6.45) is 19.4. The summed E-state index contributed by atoms with van der Waals surface area (Å²) in [4.78, 5) is 13.5. The van der Waals surface area contributed by atoms with E-state index >= 15 is 0 Å². The zero-order valence-electron chi connectivity index (χ0n) is 55.0. The molecule has 0 spiro atoms. The first kappa shape index (κ1) is 75.2. The van der Waals surface area contributed by atoms with E-state index in [9.17, 15) is 0 Å². The highest BCUT2D eigenvalue weighted by Gasteiger charge is 2.32. The molecule has 2 fully saturated rings. The lowest BCUT2D eigenvalue weighted by Crippen LogP contribution is -2.35. The van der Waals surface area contributed by atoms with Gasteiger partial charge in [-0.1, -0.05) is 175 Å². The Kier molecular flexibility index (Phi) is 32.4. The quantitative estimate of drug-likeness (QED) is 0.182. The van der Waals surface area contributed by atoms with Crippen LogP contribution in [-0.2, 0) is 13.0 Å². The number of fused-ring (bicyclic) bond motifs is 1. The summed E-state index contributed by atoms with van der Waals surface area (Å²) in [5, 5.41) is 10.9. The van der Waals surface area contributed by atoms with Gasteiger partial charge < -0.3 is 20.4 Å². The summed E-state index contributed by atoms with van der Waals surface area (Å²) in [5.74, 6) is 4.64. The molecular formula is C71H130N8. The number of aryl methyl sites for hydroxylation is 7. The Morgan fingerprint density at radius 2 is 0.962 bits per heavy atom. The predicted octanol–water partition coefficient (Wildman–Crippen LogP) is 19.5. The summed E-state index contributed by atoms with van der Waals surface area (Å²) >= 11 is 0. The SMILES string of the molecule is C.C.CN1CCC(C(C)(C)C)CC1.CN1CCC(C(C)(C)C)CC1.Cc1ccc(NCCC(C)(C)C)nc1.Cc1ccc2c(c1)C(C(C)(C)C)CC2.Cc1cnc(NCCC(C)(C)C)c(C)c1.Cc1cnn(CCC(C)(C)C)c1. The highest BCUT2D eigenvalue weighted by Crippen LogP contribution is 2.45. The van der Waals surface area contributed by atoms with E-state index in [0.717, 1.165) is 61.9 Å². The van der Waals surface area contributed by atoms with E-state index in [1.54, 1.807) is 11.1 Å². The van der Waals surface area contributed by atoms with Gasteiger partial charge in [-0.15, -0.1) is 0 Å². The number of pyridine rings is 2. The molecule has 0 saturated carbocycles. The zero-order valence-corrected chi connectivity index (χ0v) is 55.0. The van der Waals surface area contributed by atoms with Crippen molar-refractivity contribution in [2.24, 2.45) is 44.3 Å². The highest BCUT2D eigenvalue weighted by molar-refractivity contribution is 5.44. The lowest BCUT2D eigenvalue weighted by molar-refractivity contribution is 0.129. The predicted molar refractivity (Wildman–Crippen MR) is 353 cm³/mol. The maximum absolute atomic E-state index is 4.39. The van der Waals surface area contributed by atoms with E-state index in [4.69, 9.17) is 0 Å². The number of likely N-dealkylation sites (tertiary alicyclic amines) is 2. The Morgan fingerprint density at radius 3 is 1.37 bits per heavy atom. The van der Waals surface area contributed by atoms with E-state index in [-0.39, 0.29) is 14.9 Å². The van der Waals surface area contributed by atoms with Gasteiger partial charge in [-0.3, -0.25) is 4.68 Å². The molecule has 0 bridgehead atoms. The molecule has 2 N–H and O–H groups in total. The van der Waals surface area contributed by atoms with E-state index in [1.807, 2.05) is 36.3 Å². The average molecular weight is 1100 g/mol. The van der Waals surface area contributed by atoms with Crippen LogP contribution in [0.2, 0.25) is 0 Å². The van der Waals surface area contributed by atoms with Gasteiger partial charge in [0.2, 0.25) is 0 Å². The molecule has 1 atom stereocenters. The maximum atomic E-state index is 4.39. The van der Waals surface area contributed by atoms with Crippen molar-refractivity contribution in [3.05, 3.63) is 100 Å². The van der Waals surface area contributed by atoms with Crippen LogP contribution < -0.4 is 10.6 Å². The van der Waals surface area contributed by atoms with Crippen molar-refractivity contribution < 1.29 is 0 Å². The van der Waals surface area contributed by atoms with Gasteiger partial charge in [-0.2, -0.15) is 5.10 Å². The minimum Gasteiger partial charge on any atom is -0.370 e. The number of hydrogen-bond acceptors (Lipinski definition) is 7. The minimum atomic E-state index is 0. The first-order valence-electron chi connectivity index (χ1n) is 30.1. The fourth-order valence-electron chi connectivity index (χ4n) is 10.0. The third-order valence-electron chi connectivity index (χ3n) is 15.6. The molecule has 5 heterocycles. The first-order chi connectivity index (χ1) is 35.3. The van der Waals surface area contributed by atoms with Crippen LogP contribution in [0.15, 0.2) is 61.2 Å². The number of nitrogens with zero attached hydrogens (tertiary/aromatic N) is 6. The number of piperidine rings is 2. The Bertz CT molecular complexity index is 2180. The second-order valence-electron chi connectivity index (χ2n) is 30.5. The van der Waals surface area contributed by atoms with Crippen molar-refractivity contribution in [3.8, 4) is 0 Å². The van der Waals surface area contributed by atoms with Crippen molar-refractivity contribution >= 4 is 11.6 Å². The van der Waals surface area contributed by atoms with Crippen molar-refractivity contribution in [1.82, 2.24) is 29.5 Å². The number of anilines is 2. The molecule has 0 amide bonds. The molecule has 2 aliphatic heterocycles. The van der Waals surface area contributed by atoms with Crippen molar-refractivity contribution in [1.29, 1.82) is 0 Å². The van der Waals surface area contributed by atoms with Crippen LogP contribution in [0, 0.1) is 78.9 Å². The molecule has 7 rings (SSSR count). The molecular weight excluding hydrogens is 965 g/mol. The number of aromatic nitrogens is 4. The molecule has 1 aliphatic carbocycles. The number of benzene rings is 1. The molecule has 1 aromatic carbocycles. The summed E-state index contributed by atoms with van der Waals surface area (Å²) in [7, 11) is 4.44. The van der Waals surface area contributed by atoms with Gasteiger partial charge in [0, 0.05) is 38.2 Å². The monoisotopic (exact) mass is 1100 g/mol. The van der Waals surface area contributed by atoms with Gasteiger partial charge >= 0.3 is 0 Å². The van der Waals surface area contributed by atoms with Crippen LogP contribution in [-0.4, -0.2) is 82.9 Å². The minimum absolute atomic E-state index is 0. The fraction of sp³-hybridized carbons (Fsp3) is 0.732.